The summed E-state index contributed by atoms with van der Waals surface area (Å²) in [4.78, 5) is 26.6. The van der Waals surface area contributed by atoms with Gasteiger partial charge in [0.05, 0.1) is 18.6 Å². The Labute approximate surface area is 185 Å². The zero-order valence-corrected chi connectivity index (χ0v) is 18.4. The molecule has 0 unspecified atom stereocenters. The SMILES string of the molecule is COC(=O)c1c(-c2ccccc2)c2ccccc2c(=O)n1Cc1ccc(S(C)(=O)=O)cc1. The molecule has 0 saturated carbocycles. The molecule has 1 aromatic heterocycles. The number of esters is 1. The van der Waals surface area contributed by atoms with Gasteiger partial charge in [-0.15, -0.1) is 0 Å². The molecular formula is C25H21NO5S. The van der Waals surface area contributed by atoms with Gasteiger partial charge in [-0.2, -0.15) is 0 Å². The molecule has 0 radical (unpaired) electrons. The Kier molecular flexibility index (Phi) is 5.67. The molecule has 0 N–H and O–H groups in total. The van der Waals surface area contributed by atoms with Crippen LogP contribution in [0.4, 0.5) is 0 Å². The number of rotatable bonds is 5. The van der Waals surface area contributed by atoms with Crippen LogP contribution in [0, 0.1) is 0 Å². The monoisotopic (exact) mass is 447 g/mol. The molecule has 0 saturated heterocycles. The van der Waals surface area contributed by atoms with Crippen LogP contribution < -0.4 is 5.56 Å². The standard InChI is InChI=1S/C25H21NO5S/c1-31-25(28)23-22(18-8-4-3-5-9-18)20-10-6-7-11-21(20)24(27)26(23)16-17-12-14-19(15-13-17)32(2,29)30/h3-15H,16H2,1-2H3. The molecule has 1 heterocycles. The van der Waals surface area contributed by atoms with Gasteiger partial charge in [0.25, 0.3) is 5.56 Å². The third-order valence-corrected chi connectivity index (χ3v) is 6.44. The number of methoxy groups -OCH3 is 1. The first kappa shape index (κ1) is 21.5. The van der Waals surface area contributed by atoms with Crippen molar-refractivity contribution >= 4 is 26.6 Å². The molecule has 6 nitrogen and oxygen atoms in total. The van der Waals surface area contributed by atoms with Crippen molar-refractivity contribution in [3.63, 3.8) is 0 Å². The molecule has 4 aromatic rings. The number of ether oxygens (including phenoxy) is 1. The van der Waals surface area contributed by atoms with Crippen molar-refractivity contribution in [1.82, 2.24) is 4.57 Å². The van der Waals surface area contributed by atoms with E-state index in [0.29, 0.717) is 21.9 Å². The van der Waals surface area contributed by atoms with E-state index in [1.54, 1.807) is 24.3 Å². The van der Waals surface area contributed by atoms with Crippen LogP contribution in [-0.2, 0) is 21.1 Å². The summed E-state index contributed by atoms with van der Waals surface area (Å²) in [7, 11) is -2.06. The van der Waals surface area contributed by atoms with Crippen molar-refractivity contribution < 1.29 is 17.9 Å². The van der Waals surface area contributed by atoms with Crippen molar-refractivity contribution in [2.24, 2.45) is 0 Å². The summed E-state index contributed by atoms with van der Waals surface area (Å²) in [6.45, 7) is 0.0813. The zero-order valence-electron chi connectivity index (χ0n) is 17.6. The molecule has 0 fully saturated rings. The first-order valence-electron chi connectivity index (χ1n) is 9.89. The number of fused-ring (bicyclic) bond motifs is 1. The molecule has 0 aliphatic carbocycles. The fourth-order valence-corrected chi connectivity index (χ4v) is 4.41. The topological polar surface area (TPSA) is 82.4 Å². The zero-order chi connectivity index (χ0) is 22.9. The summed E-state index contributed by atoms with van der Waals surface area (Å²) in [6.07, 6.45) is 1.14. The van der Waals surface area contributed by atoms with Gasteiger partial charge in [0.2, 0.25) is 0 Å². The molecule has 0 spiro atoms. The number of sulfone groups is 1. The van der Waals surface area contributed by atoms with Gasteiger partial charge in [-0.1, -0.05) is 60.7 Å². The van der Waals surface area contributed by atoms with Crippen molar-refractivity contribution in [2.45, 2.75) is 11.4 Å². The third-order valence-electron chi connectivity index (χ3n) is 5.31. The highest BCUT2D eigenvalue weighted by atomic mass is 32.2. The summed E-state index contributed by atoms with van der Waals surface area (Å²) < 4.78 is 30.0. The van der Waals surface area contributed by atoms with E-state index >= 15 is 0 Å². The number of aromatic nitrogens is 1. The number of pyridine rings is 1. The Morgan fingerprint density at radius 2 is 1.47 bits per heavy atom. The van der Waals surface area contributed by atoms with Gasteiger partial charge in [-0.25, -0.2) is 13.2 Å². The first-order chi connectivity index (χ1) is 15.3. The average molecular weight is 448 g/mol. The Morgan fingerprint density at radius 1 is 0.875 bits per heavy atom. The van der Waals surface area contributed by atoms with Gasteiger partial charge in [-0.05, 0) is 34.7 Å². The van der Waals surface area contributed by atoms with E-state index in [-0.39, 0.29) is 22.7 Å². The Hall–Kier alpha value is -3.71. The van der Waals surface area contributed by atoms with Crippen molar-refractivity contribution in [3.05, 3.63) is 100 Å². The van der Waals surface area contributed by atoms with Crippen LogP contribution in [0.25, 0.3) is 21.9 Å². The molecular weight excluding hydrogens is 426 g/mol. The smallest absolute Gasteiger partial charge is 0.355 e. The highest BCUT2D eigenvalue weighted by Crippen LogP contribution is 2.31. The normalized spacial score (nSPS) is 11.4. The molecule has 0 aliphatic rings. The molecule has 0 aliphatic heterocycles. The van der Waals surface area contributed by atoms with Crippen LogP contribution in [0.3, 0.4) is 0 Å². The minimum absolute atomic E-state index is 0.0813. The molecule has 4 rings (SSSR count). The Bertz CT molecular complexity index is 1470. The maximum absolute atomic E-state index is 13.4. The first-order valence-corrected chi connectivity index (χ1v) is 11.8. The second-order valence-electron chi connectivity index (χ2n) is 7.43. The lowest BCUT2D eigenvalue weighted by molar-refractivity contribution is 0.0588. The summed E-state index contributed by atoms with van der Waals surface area (Å²) in [5, 5.41) is 1.14. The second-order valence-corrected chi connectivity index (χ2v) is 9.45. The van der Waals surface area contributed by atoms with Crippen LogP contribution in [0.1, 0.15) is 16.1 Å². The fraction of sp³-hybridized carbons (Fsp3) is 0.120. The summed E-state index contributed by atoms with van der Waals surface area (Å²) in [6, 6.07) is 22.8. The van der Waals surface area contributed by atoms with Crippen molar-refractivity contribution in [3.8, 4) is 11.1 Å². The van der Waals surface area contributed by atoms with Gasteiger partial charge in [0.15, 0.2) is 9.84 Å². The Balaban J connectivity index is 2.01. The molecule has 0 bridgehead atoms. The van der Waals surface area contributed by atoms with E-state index in [9.17, 15) is 18.0 Å². The van der Waals surface area contributed by atoms with E-state index in [4.69, 9.17) is 4.74 Å². The summed E-state index contributed by atoms with van der Waals surface area (Å²) >= 11 is 0. The maximum Gasteiger partial charge on any atom is 0.355 e. The summed E-state index contributed by atoms with van der Waals surface area (Å²) in [5.41, 5.74) is 1.90. The molecule has 0 atom stereocenters. The van der Waals surface area contributed by atoms with E-state index in [1.165, 1.54) is 23.8 Å². The van der Waals surface area contributed by atoms with E-state index < -0.39 is 15.8 Å². The van der Waals surface area contributed by atoms with E-state index in [0.717, 1.165) is 11.8 Å². The second kappa shape index (κ2) is 8.43. The van der Waals surface area contributed by atoms with Crippen LogP contribution in [-0.4, -0.2) is 32.3 Å². The minimum Gasteiger partial charge on any atom is -0.464 e. The maximum atomic E-state index is 13.4. The van der Waals surface area contributed by atoms with Gasteiger partial charge < -0.3 is 4.74 Å². The lowest BCUT2D eigenvalue weighted by Gasteiger charge is -2.19. The molecule has 162 valence electrons. The largest absolute Gasteiger partial charge is 0.464 e. The summed E-state index contributed by atoms with van der Waals surface area (Å²) in [5.74, 6) is -0.625. The third kappa shape index (κ3) is 3.94. The number of nitrogens with zero attached hydrogens (tertiary/aromatic N) is 1. The van der Waals surface area contributed by atoms with Gasteiger partial charge in [0, 0.05) is 17.2 Å². The molecule has 0 amide bonds. The molecule has 7 heteroatoms. The average Bonchev–Trinajstić information content (AvgIpc) is 2.80. The van der Waals surface area contributed by atoms with Crippen LogP contribution in [0.5, 0.6) is 0 Å². The minimum atomic E-state index is -3.34. The quantitative estimate of drug-likeness (QED) is 0.433. The number of hydrogen-bond donors (Lipinski definition) is 0. The van der Waals surface area contributed by atoms with Crippen LogP contribution in [0.15, 0.2) is 88.6 Å². The number of carbonyl (C=O) groups excluding carboxylic acids is 1. The van der Waals surface area contributed by atoms with Gasteiger partial charge in [-0.3, -0.25) is 9.36 Å². The van der Waals surface area contributed by atoms with E-state index in [2.05, 4.69) is 0 Å². The predicted octanol–water partition coefficient (Wildman–Crippen LogP) is 3.91. The van der Waals surface area contributed by atoms with Crippen molar-refractivity contribution in [2.75, 3.05) is 13.4 Å². The van der Waals surface area contributed by atoms with Crippen LogP contribution >= 0.6 is 0 Å². The van der Waals surface area contributed by atoms with Crippen LogP contribution in [0.2, 0.25) is 0 Å². The lowest BCUT2D eigenvalue weighted by atomic mass is 9.96. The Morgan fingerprint density at radius 3 is 2.06 bits per heavy atom. The van der Waals surface area contributed by atoms with Gasteiger partial charge >= 0.3 is 5.97 Å². The van der Waals surface area contributed by atoms with E-state index in [1.807, 2.05) is 42.5 Å². The molecule has 3 aromatic carbocycles. The molecule has 32 heavy (non-hydrogen) atoms. The fourth-order valence-electron chi connectivity index (χ4n) is 3.78. The van der Waals surface area contributed by atoms with Gasteiger partial charge in [0.1, 0.15) is 5.69 Å². The highest BCUT2D eigenvalue weighted by molar-refractivity contribution is 7.90. The lowest BCUT2D eigenvalue weighted by Crippen LogP contribution is -2.28. The number of benzene rings is 3. The highest BCUT2D eigenvalue weighted by Gasteiger charge is 2.24. The van der Waals surface area contributed by atoms with Crippen molar-refractivity contribution in [1.29, 1.82) is 0 Å². The predicted molar refractivity (Wildman–Crippen MR) is 124 cm³/mol. The number of carbonyl (C=O) groups is 1. The number of hydrogen-bond acceptors (Lipinski definition) is 5.